The fourth-order valence-corrected chi connectivity index (χ4v) is 2.73. The van der Waals surface area contributed by atoms with Gasteiger partial charge in [-0.3, -0.25) is 0 Å². The van der Waals surface area contributed by atoms with Crippen LogP contribution in [0.1, 0.15) is 0 Å². The van der Waals surface area contributed by atoms with Crippen molar-refractivity contribution in [3.63, 3.8) is 0 Å². The van der Waals surface area contributed by atoms with Gasteiger partial charge < -0.3 is 0 Å². The van der Waals surface area contributed by atoms with Gasteiger partial charge in [-0.25, -0.2) is 0 Å². The monoisotopic (exact) mass is 200 g/mol. The number of hydrogen-bond acceptors (Lipinski definition) is 1. The molecule has 2 aliphatic rings. The molecule has 0 fully saturated rings. The average Bonchev–Trinajstić information content (AvgIpc) is 2.22. The lowest BCUT2D eigenvalue weighted by atomic mass is 10.3. The van der Waals surface area contributed by atoms with Crippen LogP contribution in [-0.4, -0.2) is 4.16 Å². The minimum absolute atomic E-state index is 0.503. The molecule has 0 amide bonds. The highest BCUT2D eigenvalue weighted by atomic mass is 79.9. The minimum atomic E-state index is 0.503. The van der Waals surface area contributed by atoms with Crippen LogP contribution in [0.25, 0.3) is 0 Å². The van der Waals surface area contributed by atoms with Gasteiger partial charge in [-0.05, 0) is 11.6 Å². The molecular weight excluding hydrogens is 196 g/mol. The Hall–Kier alpha value is 0.0500. The minimum Gasteiger partial charge on any atom is -0.106 e. The zero-order valence-electron chi connectivity index (χ0n) is 4.67. The van der Waals surface area contributed by atoms with Gasteiger partial charge in [-0.15, -0.1) is 11.8 Å². The maximum absolute atomic E-state index is 3.51. The topological polar surface area (TPSA) is 0 Å². The lowest BCUT2D eigenvalue weighted by Crippen LogP contribution is -1.72. The summed E-state index contributed by atoms with van der Waals surface area (Å²) < 4.78 is 0.503. The van der Waals surface area contributed by atoms with E-state index in [1.807, 2.05) is 11.8 Å². The highest BCUT2D eigenvalue weighted by Gasteiger charge is 2.18. The van der Waals surface area contributed by atoms with Crippen LogP contribution in [0, 0.1) is 0 Å². The van der Waals surface area contributed by atoms with Crippen LogP contribution < -0.4 is 0 Å². The quantitative estimate of drug-likeness (QED) is 0.543. The molecule has 0 aromatic heterocycles. The van der Waals surface area contributed by atoms with E-state index in [1.54, 1.807) is 0 Å². The third-order valence-corrected chi connectivity index (χ3v) is 3.17. The Morgan fingerprint density at radius 1 is 1.56 bits per heavy atom. The molecule has 1 heterocycles. The summed E-state index contributed by atoms with van der Waals surface area (Å²) in [7, 11) is 0. The summed E-state index contributed by atoms with van der Waals surface area (Å²) >= 11 is 5.36. The summed E-state index contributed by atoms with van der Waals surface area (Å²) in [6.07, 6.45) is 8.61. The highest BCUT2D eigenvalue weighted by Crippen LogP contribution is 2.42. The molecular formula is C7H5BrS. The lowest BCUT2D eigenvalue weighted by Gasteiger charge is -1.92. The molecule has 46 valence electrons. The van der Waals surface area contributed by atoms with Gasteiger partial charge in [-0.1, -0.05) is 34.2 Å². The van der Waals surface area contributed by atoms with Gasteiger partial charge in [-0.2, -0.15) is 0 Å². The van der Waals surface area contributed by atoms with Crippen molar-refractivity contribution in [1.82, 2.24) is 0 Å². The first-order chi connectivity index (χ1) is 4.36. The first kappa shape index (κ1) is 5.81. The van der Waals surface area contributed by atoms with E-state index in [-0.39, 0.29) is 0 Å². The smallest absolute Gasteiger partial charge is 0.0836 e. The molecule has 1 aliphatic carbocycles. The van der Waals surface area contributed by atoms with Crippen LogP contribution in [0.3, 0.4) is 0 Å². The van der Waals surface area contributed by atoms with Gasteiger partial charge in [0.25, 0.3) is 0 Å². The molecule has 0 saturated carbocycles. The van der Waals surface area contributed by atoms with Gasteiger partial charge in [0.2, 0.25) is 0 Å². The molecule has 0 nitrogen and oxygen atoms in total. The second-order valence-corrected chi connectivity index (χ2v) is 4.76. The van der Waals surface area contributed by atoms with E-state index < -0.39 is 0 Å². The molecule has 0 radical (unpaired) electrons. The van der Waals surface area contributed by atoms with E-state index in [0.29, 0.717) is 4.16 Å². The second kappa shape index (κ2) is 2.03. The predicted molar refractivity (Wildman–Crippen MR) is 45.6 cm³/mol. The van der Waals surface area contributed by atoms with E-state index in [9.17, 15) is 0 Å². The Morgan fingerprint density at radius 2 is 2.44 bits per heavy atom. The normalized spacial score (nSPS) is 30.1. The third-order valence-electron chi connectivity index (χ3n) is 1.36. The number of hydrogen-bond donors (Lipinski definition) is 0. The number of rotatable bonds is 0. The third kappa shape index (κ3) is 0.904. The summed E-state index contributed by atoms with van der Waals surface area (Å²) in [6, 6.07) is 0. The first-order valence-electron chi connectivity index (χ1n) is 2.77. The van der Waals surface area contributed by atoms with E-state index >= 15 is 0 Å². The van der Waals surface area contributed by atoms with Crippen molar-refractivity contribution >= 4 is 27.7 Å². The van der Waals surface area contributed by atoms with Crippen LogP contribution >= 0.6 is 27.7 Å². The number of allylic oxidation sites excluding steroid dienone is 4. The van der Waals surface area contributed by atoms with E-state index in [1.165, 1.54) is 10.5 Å². The van der Waals surface area contributed by atoms with E-state index in [4.69, 9.17) is 0 Å². The second-order valence-electron chi connectivity index (χ2n) is 1.98. The molecule has 0 bridgehead atoms. The molecule has 2 heteroatoms. The fraction of sp³-hybridized carbons (Fsp3) is 0.143. The molecule has 0 aromatic carbocycles. The summed E-state index contributed by atoms with van der Waals surface area (Å²) in [5.41, 5.74) is 1.38. The molecule has 0 spiro atoms. The van der Waals surface area contributed by atoms with Crippen LogP contribution in [0.4, 0.5) is 0 Å². The summed E-state index contributed by atoms with van der Waals surface area (Å²) in [4.78, 5) is 1.40. The Balaban J connectivity index is 2.40. The molecule has 1 atom stereocenters. The van der Waals surface area contributed by atoms with Crippen molar-refractivity contribution in [3.05, 3.63) is 34.8 Å². The van der Waals surface area contributed by atoms with E-state index in [0.717, 1.165) is 0 Å². The summed E-state index contributed by atoms with van der Waals surface area (Å²) in [5.74, 6) is 0. The Morgan fingerprint density at radius 3 is 3.22 bits per heavy atom. The zero-order chi connectivity index (χ0) is 6.27. The van der Waals surface area contributed by atoms with Crippen molar-refractivity contribution < 1.29 is 0 Å². The summed E-state index contributed by atoms with van der Waals surface area (Å²) in [5, 5.41) is 0. The number of fused-ring (bicyclic) bond motifs is 1. The van der Waals surface area contributed by atoms with Gasteiger partial charge in [0.15, 0.2) is 0 Å². The molecule has 2 rings (SSSR count). The predicted octanol–water partition coefficient (Wildman–Crippen LogP) is 2.83. The molecule has 1 aliphatic heterocycles. The average molecular weight is 201 g/mol. The fourth-order valence-electron chi connectivity index (χ4n) is 0.959. The van der Waals surface area contributed by atoms with Gasteiger partial charge >= 0.3 is 0 Å². The summed E-state index contributed by atoms with van der Waals surface area (Å²) in [6.45, 7) is 0. The highest BCUT2D eigenvalue weighted by molar-refractivity contribution is 9.11. The Bertz CT molecular complexity index is 225. The Kier molecular flexibility index (Phi) is 1.31. The number of thioether (sulfide) groups is 1. The van der Waals surface area contributed by atoms with Crippen LogP contribution in [-0.2, 0) is 0 Å². The van der Waals surface area contributed by atoms with Gasteiger partial charge in [0.05, 0.1) is 4.16 Å². The standard InChI is InChI=1S/C7H5BrS/c8-7-4-5-2-1-3-6(5)9-7/h1-4,7H. The maximum Gasteiger partial charge on any atom is 0.0836 e. The Labute approximate surface area is 66.8 Å². The van der Waals surface area contributed by atoms with Crippen molar-refractivity contribution in [3.8, 4) is 0 Å². The zero-order valence-corrected chi connectivity index (χ0v) is 7.08. The maximum atomic E-state index is 3.51. The van der Waals surface area contributed by atoms with Crippen molar-refractivity contribution in [2.45, 2.75) is 4.16 Å². The van der Waals surface area contributed by atoms with Crippen LogP contribution in [0.15, 0.2) is 34.8 Å². The SMILES string of the molecule is BrC1C=C2C=CC=C2S1. The van der Waals surface area contributed by atoms with Gasteiger partial charge in [0.1, 0.15) is 0 Å². The number of halogens is 1. The van der Waals surface area contributed by atoms with E-state index in [2.05, 4.69) is 40.2 Å². The first-order valence-corrected chi connectivity index (χ1v) is 4.57. The molecule has 9 heavy (non-hydrogen) atoms. The molecule has 0 N–H and O–H groups in total. The number of alkyl halides is 1. The molecule has 0 aromatic rings. The van der Waals surface area contributed by atoms with Crippen LogP contribution in [0.2, 0.25) is 0 Å². The lowest BCUT2D eigenvalue weighted by molar-refractivity contribution is 1.65. The van der Waals surface area contributed by atoms with Crippen LogP contribution in [0.5, 0.6) is 0 Å². The van der Waals surface area contributed by atoms with Crippen molar-refractivity contribution in [1.29, 1.82) is 0 Å². The molecule has 1 unspecified atom stereocenters. The largest absolute Gasteiger partial charge is 0.106 e. The molecule has 0 saturated heterocycles. The van der Waals surface area contributed by atoms with Crippen molar-refractivity contribution in [2.75, 3.05) is 0 Å². The van der Waals surface area contributed by atoms with Crippen molar-refractivity contribution in [2.24, 2.45) is 0 Å². The van der Waals surface area contributed by atoms with Gasteiger partial charge in [0, 0.05) is 4.91 Å².